The van der Waals surface area contributed by atoms with E-state index in [-0.39, 0.29) is 24.2 Å². The molecule has 36 heavy (non-hydrogen) atoms. The van der Waals surface area contributed by atoms with Crippen molar-refractivity contribution in [1.29, 1.82) is 0 Å². The van der Waals surface area contributed by atoms with Crippen LogP contribution in [0.25, 0.3) is 10.9 Å². The number of halogens is 1. The molecule has 1 unspecified atom stereocenters. The fraction of sp³-hybridized carbons (Fsp3) is 0.267. The van der Waals surface area contributed by atoms with Gasteiger partial charge >= 0.3 is 5.97 Å². The van der Waals surface area contributed by atoms with E-state index in [1.165, 1.54) is 12.1 Å². The molecule has 0 fully saturated rings. The topological polar surface area (TPSA) is 62.5 Å². The van der Waals surface area contributed by atoms with Gasteiger partial charge < -0.3 is 14.6 Å². The van der Waals surface area contributed by atoms with Crippen molar-refractivity contribution in [2.75, 3.05) is 6.54 Å². The summed E-state index contributed by atoms with van der Waals surface area (Å²) in [6.07, 6.45) is 2.60. The van der Waals surface area contributed by atoms with Gasteiger partial charge in [-0.25, -0.2) is 4.39 Å². The largest absolute Gasteiger partial charge is 0.480 e. The van der Waals surface area contributed by atoms with Crippen LogP contribution in [0.15, 0.2) is 78.9 Å². The Labute approximate surface area is 209 Å². The second-order valence-corrected chi connectivity index (χ2v) is 9.48. The maximum atomic E-state index is 13.9. The van der Waals surface area contributed by atoms with Crippen molar-refractivity contribution >= 4 is 22.8 Å². The van der Waals surface area contributed by atoms with Gasteiger partial charge in [-0.1, -0.05) is 60.7 Å². The van der Waals surface area contributed by atoms with Crippen molar-refractivity contribution in [1.82, 2.24) is 9.47 Å². The first-order chi connectivity index (χ1) is 17.5. The van der Waals surface area contributed by atoms with Crippen molar-refractivity contribution in [2.45, 2.75) is 38.8 Å². The molecule has 1 N–H and O–H groups in total. The highest BCUT2D eigenvalue weighted by Crippen LogP contribution is 2.35. The molecule has 3 aromatic carbocycles. The van der Waals surface area contributed by atoms with Gasteiger partial charge in [0.15, 0.2) is 0 Å². The van der Waals surface area contributed by atoms with E-state index in [2.05, 4.69) is 0 Å². The average molecular weight is 485 g/mol. The summed E-state index contributed by atoms with van der Waals surface area (Å²) >= 11 is 0. The monoisotopic (exact) mass is 484 g/mol. The lowest BCUT2D eigenvalue weighted by Gasteiger charge is -2.30. The fourth-order valence-corrected chi connectivity index (χ4v) is 5.37. The summed E-state index contributed by atoms with van der Waals surface area (Å²) in [5.41, 5.74) is 5.10. The smallest absolute Gasteiger partial charge is 0.323 e. The van der Waals surface area contributed by atoms with E-state index in [0.29, 0.717) is 38.8 Å². The number of aliphatic carboxylic acids is 1. The number of fused-ring (bicyclic) bond motifs is 3. The van der Waals surface area contributed by atoms with E-state index in [0.717, 1.165) is 33.3 Å². The van der Waals surface area contributed by atoms with Crippen molar-refractivity contribution in [2.24, 2.45) is 5.92 Å². The molecule has 1 aromatic heterocycles. The molecule has 0 spiro atoms. The molecule has 184 valence electrons. The average Bonchev–Trinajstić information content (AvgIpc) is 3.20. The van der Waals surface area contributed by atoms with E-state index in [1.54, 1.807) is 12.1 Å². The Morgan fingerprint density at radius 3 is 2.42 bits per heavy atom. The number of carbonyl (C=O) groups is 2. The van der Waals surface area contributed by atoms with E-state index < -0.39 is 5.97 Å². The molecular weight excluding hydrogens is 455 g/mol. The number of para-hydroxylation sites is 1. The first-order valence-corrected chi connectivity index (χ1v) is 12.4. The Morgan fingerprint density at radius 2 is 1.67 bits per heavy atom. The third-order valence-corrected chi connectivity index (χ3v) is 7.13. The highest BCUT2D eigenvalue weighted by molar-refractivity contribution is 5.88. The Balaban J connectivity index is 1.40. The molecule has 0 saturated carbocycles. The molecule has 1 amide bonds. The molecule has 5 rings (SSSR count). The summed E-state index contributed by atoms with van der Waals surface area (Å²) in [6, 6.07) is 24.3. The number of carbonyl (C=O) groups excluding carboxylic acids is 1. The molecule has 6 heteroatoms. The minimum atomic E-state index is -0.869. The minimum Gasteiger partial charge on any atom is -0.480 e. The van der Waals surface area contributed by atoms with Crippen LogP contribution in [0.5, 0.6) is 0 Å². The Kier molecular flexibility index (Phi) is 6.85. The van der Waals surface area contributed by atoms with Crippen LogP contribution in [0.4, 0.5) is 4.39 Å². The second kappa shape index (κ2) is 10.4. The van der Waals surface area contributed by atoms with Crippen LogP contribution in [0.2, 0.25) is 0 Å². The second-order valence-electron chi connectivity index (χ2n) is 9.48. The Bertz CT molecular complexity index is 1380. The highest BCUT2D eigenvalue weighted by Gasteiger charge is 2.32. The van der Waals surface area contributed by atoms with E-state index in [1.807, 2.05) is 64.1 Å². The summed E-state index contributed by atoms with van der Waals surface area (Å²) in [6.45, 7) is 0.987. The van der Waals surface area contributed by atoms with Crippen molar-refractivity contribution < 1.29 is 19.1 Å². The van der Waals surface area contributed by atoms with Crippen molar-refractivity contribution in [3.05, 3.63) is 107 Å². The highest BCUT2D eigenvalue weighted by atomic mass is 19.1. The molecule has 1 aliphatic carbocycles. The zero-order valence-corrected chi connectivity index (χ0v) is 20.1. The Morgan fingerprint density at radius 1 is 0.944 bits per heavy atom. The van der Waals surface area contributed by atoms with Crippen LogP contribution in [-0.2, 0) is 41.9 Å². The van der Waals surface area contributed by atoms with Crippen LogP contribution in [-0.4, -0.2) is 33.0 Å². The van der Waals surface area contributed by atoms with Gasteiger partial charge in [-0.2, -0.15) is 0 Å². The standard InChI is InChI=1S/C30H29FN2O3/c31-24-13-10-21(11-14-24)16-17-32(19-22-6-2-1-3-7-22)30(36)23-12-15-28-26(18-23)25-8-4-5-9-27(25)33(28)20-29(34)35/h1-11,13-14,23H,12,15-20H2,(H,34,35). The van der Waals surface area contributed by atoms with Crippen LogP contribution in [0.1, 0.15) is 28.8 Å². The number of amides is 1. The predicted molar refractivity (Wildman–Crippen MR) is 137 cm³/mol. The van der Waals surface area contributed by atoms with Crippen LogP contribution in [0.3, 0.4) is 0 Å². The third kappa shape index (κ3) is 5.03. The lowest BCUT2D eigenvalue weighted by atomic mass is 9.85. The summed E-state index contributed by atoms with van der Waals surface area (Å²) in [5.74, 6) is -1.19. The molecular formula is C30H29FN2O3. The Hall–Kier alpha value is -3.93. The van der Waals surface area contributed by atoms with E-state index >= 15 is 0 Å². The van der Waals surface area contributed by atoms with Crippen LogP contribution in [0, 0.1) is 11.7 Å². The predicted octanol–water partition coefficient (Wildman–Crippen LogP) is 5.24. The molecule has 0 aliphatic heterocycles. The van der Waals surface area contributed by atoms with Gasteiger partial charge in [0.2, 0.25) is 5.91 Å². The molecule has 0 radical (unpaired) electrons. The number of nitrogens with zero attached hydrogens (tertiary/aromatic N) is 2. The molecule has 4 aromatic rings. The normalized spacial score (nSPS) is 15.0. The van der Waals surface area contributed by atoms with E-state index in [9.17, 15) is 19.1 Å². The van der Waals surface area contributed by atoms with Gasteiger partial charge in [0.25, 0.3) is 0 Å². The number of benzene rings is 3. The number of hydrogen-bond donors (Lipinski definition) is 1. The minimum absolute atomic E-state index is 0.0771. The maximum absolute atomic E-state index is 13.9. The molecule has 1 aliphatic rings. The van der Waals surface area contributed by atoms with Crippen LogP contribution >= 0.6 is 0 Å². The van der Waals surface area contributed by atoms with Crippen molar-refractivity contribution in [3.63, 3.8) is 0 Å². The van der Waals surface area contributed by atoms with Gasteiger partial charge in [-0.15, -0.1) is 0 Å². The van der Waals surface area contributed by atoms with Gasteiger partial charge in [0.05, 0.1) is 0 Å². The summed E-state index contributed by atoms with van der Waals surface area (Å²) < 4.78 is 15.2. The molecule has 1 atom stereocenters. The number of carboxylic acids is 1. The maximum Gasteiger partial charge on any atom is 0.323 e. The number of rotatable bonds is 8. The molecule has 5 nitrogen and oxygen atoms in total. The zero-order chi connectivity index (χ0) is 25.1. The number of carboxylic acid groups (broad SMARTS) is 1. The first kappa shape index (κ1) is 23.8. The lowest BCUT2D eigenvalue weighted by molar-refractivity contribution is -0.138. The quantitative estimate of drug-likeness (QED) is 0.372. The summed E-state index contributed by atoms with van der Waals surface area (Å²) in [5, 5.41) is 10.5. The molecule has 1 heterocycles. The third-order valence-electron chi connectivity index (χ3n) is 7.13. The van der Waals surface area contributed by atoms with Crippen molar-refractivity contribution in [3.8, 4) is 0 Å². The summed E-state index contributed by atoms with van der Waals surface area (Å²) in [4.78, 5) is 27.3. The van der Waals surface area contributed by atoms with Gasteiger partial charge in [-0.3, -0.25) is 9.59 Å². The lowest BCUT2D eigenvalue weighted by Crippen LogP contribution is -2.39. The number of aromatic nitrogens is 1. The SMILES string of the molecule is O=C(O)Cn1c2c(c3ccccc31)CC(C(=O)N(CCc1ccc(F)cc1)Cc1ccccc1)CC2. The summed E-state index contributed by atoms with van der Waals surface area (Å²) in [7, 11) is 0. The first-order valence-electron chi connectivity index (χ1n) is 12.4. The van der Waals surface area contributed by atoms with Gasteiger partial charge in [-0.05, 0) is 60.6 Å². The molecule has 0 bridgehead atoms. The fourth-order valence-electron chi connectivity index (χ4n) is 5.37. The molecule has 0 saturated heterocycles. The van der Waals surface area contributed by atoms with E-state index in [4.69, 9.17) is 0 Å². The van der Waals surface area contributed by atoms with Crippen LogP contribution < -0.4 is 0 Å². The van der Waals surface area contributed by atoms with Gasteiger partial charge in [0, 0.05) is 35.6 Å². The zero-order valence-electron chi connectivity index (χ0n) is 20.1. The van der Waals surface area contributed by atoms with Gasteiger partial charge in [0.1, 0.15) is 12.4 Å². The number of hydrogen-bond acceptors (Lipinski definition) is 2.